The summed E-state index contributed by atoms with van der Waals surface area (Å²) < 4.78 is 20.1. The van der Waals surface area contributed by atoms with E-state index in [2.05, 4.69) is 4.98 Å². The van der Waals surface area contributed by atoms with Crippen molar-refractivity contribution in [1.29, 1.82) is 0 Å². The van der Waals surface area contributed by atoms with Gasteiger partial charge < -0.3 is 9.84 Å². The summed E-state index contributed by atoms with van der Waals surface area (Å²) in [6.07, 6.45) is 0.426. The largest absolute Gasteiger partial charge is 0.489 e. The van der Waals surface area contributed by atoms with Crippen molar-refractivity contribution in [2.24, 2.45) is 0 Å². The molecule has 2 aromatic heterocycles. The maximum absolute atomic E-state index is 13.2. The topological polar surface area (TPSA) is 64.4 Å². The zero-order valence-corrected chi connectivity index (χ0v) is 17.7. The van der Waals surface area contributed by atoms with Crippen LogP contribution in [0, 0.1) is 5.82 Å². The number of benzene rings is 2. The van der Waals surface area contributed by atoms with Crippen LogP contribution in [0.25, 0.3) is 21.3 Å². The van der Waals surface area contributed by atoms with Crippen LogP contribution in [0.5, 0.6) is 5.75 Å². The molecule has 5 nitrogen and oxygen atoms in total. The van der Waals surface area contributed by atoms with Crippen molar-refractivity contribution in [2.75, 3.05) is 6.61 Å². The number of hydrogen-bond acceptors (Lipinski definition) is 5. The summed E-state index contributed by atoms with van der Waals surface area (Å²) in [4.78, 5) is 17.9. The van der Waals surface area contributed by atoms with Gasteiger partial charge in [0, 0.05) is 16.0 Å². The SMILES string of the molecule is O=c1c2c(-c3ccc(F)cc3)csc2ncn1CC(O)COc1ccc(Cl)cc1Cl. The standard InChI is InChI=1S/C21H15Cl2FN2O3S/c22-13-3-6-18(17(23)7-13)29-9-15(27)8-26-11-25-20-19(21(26)28)16(10-30-20)12-1-4-14(24)5-2-12/h1-7,10-11,15,27H,8-9H2. The molecule has 2 heterocycles. The maximum atomic E-state index is 13.2. The van der Waals surface area contributed by atoms with Crippen LogP contribution in [0.3, 0.4) is 0 Å². The second kappa shape index (κ2) is 8.73. The first-order valence-electron chi connectivity index (χ1n) is 8.91. The molecule has 154 valence electrons. The molecule has 1 N–H and O–H groups in total. The highest BCUT2D eigenvalue weighted by atomic mass is 35.5. The van der Waals surface area contributed by atoms with Gasteiger partial charge in [-0.05, 0) is 35.9 Å². The summed E-state index contributed by atoms with van der Waals surface area (Å²) in [5, 5.41) is 13.4. The van der Waals surface area contributed by atoms with E-state index >= 15 is 0 Å². The lowest BCUT2D eigenvalue weighted by Crippen LogP contribution is -2.30. The molecule has 0 amide bonds. The summed E-state index contributed by atoms with van der Waals surface area (Å²) in [5.74, 6) is 0.0372. The minimum atomic E-state index is -0.971. The Labute approximate surface area is 184 Å². The van der Waals surface area contributed by atoms with E-state index < -0.39 is 6.10 Å². The average molecular weight is 465 g/mol. The molecule has 0 saturated heterocycles. The molecule has 0 aliphatic heterocycles. The minimum absolute atomic E-state index is 0.00825. The Morgan fingerprint density at radius 2 is 1.97 bits per heavy atom. The van der Waals surface area contributed by atoms with Crippen LogP contribution in [0.2, 0.25) is 10.0 Å². The fourth-order valence-corrected chi connectivity index (χ4v) is 4.37. The van der Waals surface area contributed by atoms with E-state index in [0.717, 1.165) is 5.56 Å². The number of aromatic nitrogens is 2. The Morgan fingerprint density at radius 1 is 1.20 bits per heavy atom. The van der Waals surface area contributed by atoms with Crippen LogP contribution in [0.1, 0.15) is 0 Å². The van der Waals surface area contributed by atoms with Gasteiger partial charge in [0.1, 0.15) is 29.1 Å². The fourth-order valence-electron chi connectivity index (χ4n) is 3.00. The molecule has 0 bridgehead atoms. The molecule has 0 radical (unpaired) electrons. The highest BCUT2D eigenvalue weighted by Crippen LogP contribution is 2.31. The number of aliphatic hydroxyl groups is 1. The van der Waals surface area contributed by atoms with E-state index in [0.29, 0.717) is 31.6 Å². The van der Waals surface area contributed by atoms with Crippen molar-refractivity contribution in [2.45, 2.75) is 12.6 Å². The normalized spacial score (nSPS) is 12.3. The summed E-state index contributed by atoms with van der Waals surface area (Å²) in [5.41, 5.74) is 1.12. The van der Waals surface area contributed by atoms with E-state index in [1.807, 2.05) is 5.38 Å². The van der Waals surface area contributed by atoms with Crippen molar-refractivity contribution in [1.82, 2.24) is 9.55 Å². The van der Waals surface area contributed by atoms with Crippen LogP contribution in [-0.2, 0) is 6.54 Å². The highest BCUT2D eigenvalue weighted by Gasteiger charge is 2.16. The van der Waals surface area contributed by atoms with Gasteiger partial charge >= 0.3 is 0 Å². The van der Waals surface area contributed by atoms with E-state index in [-0.39, 0.29) is 24.5 Å². The van der Waals surface area contributed by atoms with Crippen molar-refractivity contribution in [3.8, 4) is 16.9 Å². The number of rotatable bonds is 6. The lowest BCUT2D eigenvalue weighted by Gasteiger charge is -2.14. The third-order valence-corrected chi connectivity index (χ3v) is 5.87. The van der Waals surface area contributed by atoms with E-state index in [9.17, 15) is 14.3 Å². The quantitative estimate of drug-likeness (QED) is 0.435. The summed E-state index contributed by atoms with van der Waals surface area (Å²) in [6, 6.07) is 10.7. The average Bonchev–Trinajstić information content (AvgIpc) is 3.15. The predicted molar refractivity (Wildman–Crippen MR) is 117 cm³/mol. The molecule has 0 fully saturated rings. The zero-order valence-electron chi connectivity index (χ0n) is 15.4. The number of hydrogen-bond donors (Lipinski definition) is 1. The second-order valence-electron chi connectivity index (χ2n) is 6.58. The summed E-state index contributed by atoms with van der Waals surface area (Å²) in [6.45, 7) is -0.0774. The van der Waals surface area contributed by atoms with Crippen LogP contribution in [0.15, 0.2) is 59.0 Å². The zero-order chi connectivity index (χ0) is 21.3. The third-order valence-electron chi connectivity index (χ3n) is 4.45. The molecule has 0 aliphatic carbocycles. The number of ether oxygens (including phenoxy) is 1. The van der Waals surface area contributed by atoms with Crippen LogP contribution < -0.4 is 10.3 Å². The summed E-state index contributed by atoms with van der Waals surface area (Å²) in [7, 11) is 0. The Kier molecular flexibility index (Phi) is 6.06. The lowest BCUT2D eigenvalue weighted by molar-refractivity contribution is 0.0915. The van der Waals surface area contributed by atoms with Crippen molar-refractivity contribution in [3.63, 3.8) is 0 Å². The monoisotopic (exact) mass is 464 g/mol. The van der Waals surface area contributed by atoms with Gasteiger partial charge in [0.15, 0.2) is 0 Å². The van der Waals surface area contributed by atoms with Crippen molar-refractivity contribution < 1.29 is 14.2 Å². The molecular formula is C21H15Cl2FN2O3S. The van der Waals surface area contributed by atoms with Crippen molar-refractivity contribution >= 4 is 44.8 Å². The molecule has 0 spiro atoms. The molecular weight excluding hydrogens is 450 g/mol. The van der Waals surface area contributed by atoms with Crippen LogP contribution in [0.4, 0.5) is 4.39 Å². The van der Waals surface area contributed by atoms with E-state index in [1.165, 1.54) is 34.4 Å². The van der Waals surface area contributed by atoms with Gasteiger partial charge in [-0.3, -0.25) is 9.36 Å². The predicted octanol–water partition coefficient (Wildman–Crippen LogP) is 5.01. The number of aliphatic hydroxyl groups excluding tert-OH is 1. The molecule has 30 heavy (non-hydrogen) atoms. The van der Waals surface area contributed by atoms with Crippen molar-refractivity contribution in [3.05, 3.63) is 80.4 Å². The number of halogens is 3. The number of fused-ring (bicyclic) bond motifs is 1. The summed E-state index contributed by atoms with van der Waals surface area (Å²) >= 11 is 13.2. The van der Waals surface area contributed by atoms with Gasteiger partial charge in [-0.1, -0.05) is 35.3 Å². The molecule has 1 unspecified atom stereocenters. The third kappa shape index (κ3) is 4.34. The minimum Gasteiger partial charge on any atom is -0.489 e. The second-order valence-corrected chi connectivity index (χ2v) is 8.28. The molecule has 4 rings (SSSR count). The first kappa shape index (κ1) is 20.8. The van der Waals surface area contributed by atoms with Gasteiger partial charge in [0.2, 0.25) is 0 Å². The molecule has 9 heteroatoms. The number of nitrogens with zero attached hydrogens (tertiary/aromatic N) is 2. The van der Waals surface area contributed by atoms with Crippen LogP contribution >= 0.6 is 34.5 Å². The lowest BCUT2D eigenvalue weighted by atomic mass is 10.1. The Hall–Kier alpha value is -2.45. The smallest absolute Gasteiger partial charge is 0.262 e. The molecule has 0 saturated carbocycles. The Balaban J connectivity index is 1.55. The van der Waals surface area contributed by atoms with Gasteiger partial charge in [0.05, 0.1) is 23.3 Å². The maximum Gasteiger partial charge on any atom is 0.262 e. The Morgan fingerprint density at radius 3 is 2.70 bits per heavy atom. The van der Waals surface area contributed by atoms with Crippen LogP contribution in [-0.4, -0.2) is 27.4 Å². The molecule has 4 aromatic rings. The molecule has 2 aromatic carbocycles. The van der Waals surface area contributed by atoms with E-state index in [4.69, 9.17) is 27.9 Å². The number of thiophene rings is 1. The van der Waals surface area contributed by atoms with Gasteiger partial charge in [-0.2, -0.15) is 0 Å². The van der Waals surface area contributed by atoms with Gasteiger partial charge in [0.25, 0.3) is 5.56 Å². The molecule has 1 atom stereocenters. The highest BCUT2D eigenvalue weighted by molar-refractivity contribution is 7.17. The van der Waals surface area contributed by atoms with Gasteiger partial charge in [-0.15, -0.1) is 11.3 Å². The first-order chi connectivity index (χ1) is 14.4. The molecule has 0 aliphatic rings. The fraction of sp³-hybridized carbons (Fsp3) is 0.143. The van der Waals surface area contributed by atoms with Gasteiger partial charge in [-0.25, -0.2) is 9.37 Å². The Bertz CT molecular complexity index is 1260. The first-order valence-corrected chi connectivity index (χ1v) is 10.5. The van der Waals surface area contributed by atoms with E-state index in [1.54, 1.807) is 30.3 Å².